The Morgan fingerprint density at radius 1 is 1.29 bits per heavy atom. The lowest BCUT2D eigenvalue weighted by Gasteiger charge is -2.09. The molecule has 0 aliphatic carbocycles. The van der Waals surface area contributed by atoms with Gasteiger partial charge in [0, 0.05) is 22.2 Å². The van der Waals surface area contributed by atoms with Gasteiger partial charge in [-0.25, -0.2) is 4.39 Å². The summed E-state index contributed by atoms with van der Waals surface area (Å²) in [5.41, 5.74) is 1.77. The molecule has 0 radical (unpaired) electrons. The number of oxime groups is 1. The van der Waals surface area contributed by atoms with Gasteiger partial charge in [-0.2, -0.15) is 0 Å². The minimum atomic E-state index is -0.362. The van der Waals surface area contributed by atoms with Gasteiger partial charge in [0.05, 0.1) is 0 Å². The Morgan fingerprint density at radius 2 is 2.14 bits per heavy atom. The van der Waals surface area contributed by atoms with E-state index in [0.29, 0.717) is 27.8 Å². The van der Waals surface area contributed by atoms with Crippen LogP contribution in [0.15, 0.2) is 41.6 Å². The van der Waals surface area contributed by atoms with Gasteiger partial charge < -0.3 is 14.7 Å². The molecule has 0 bridgehead atoms. The van der Waals surface area contributed by atoms with Gasteiger partial charge in [-0.3, -0.25) is 0 Å². The van der Waals surface area contributed by atoms with Gasteiger partial charge in [-0.05, 0) is 30.3 Å². The van der Waals surface area contributed by atoms with E-state index in [2.05, 4.69) is 5.16 Å². The zero-order valence-electron chi connectivity index (χ0n) is 10.8. The molecule has 0 spiro atoms. The lowest BCUT2D eigenvalue weighted by atomic mass is 10.1. The minimum Gasteiger partial charge on any atom is -0.489 e. The first-order chi connectivity index (χ1) is 10.2. The molecule has 0 saturated heterocycles. The van der Waals surface area contributed by atoms with Gasteiger partial charge in [-0.1, -0.05) is 16.8 Å². The van der Waals surface area contributed by atoms with Gasteiger partial charge in [-0.15, -0.1) is 0 Å². The number of ether oxygens (including phenoxy) is 2. The third-order valence-electron chi connectivity index (χ3n) is 3.15. The highest BCUT2D eigenvalue weighted by Crippen LogP contribution is 2.30. The van der Waals surface area contributed by atoms with Gasteiger partial charge >= 0.3 is 0 Å². The molecule has 21 heavy (non-hydrogen) atoms. The molecule has 0 amide bonds. The van der Waals surface area contributed by atoms with Crippen LogP contribution >= 0.6 is 11.6 Å². The van der Waals surface area contributed by atoms with Crippen molar-refractivity contribution in [3.05, 3.63) is 58.4 Å². The Hall–Kier alpha value is -2.27. The first-order valence-electron chi connectivity index (χ1n) is 6.22. The third kappa shape index (κ3) is 2.78. The molecule has 1 heterocycles. The summed E-state index contributed by atoms with van der Waals surface area (Å²) >= 11 is 5.98. The first-order valence-corrected chi connectivity index (χ1v) is 6.60. The molecule has 0 fully saturated rings. The van der Waals surface area contributed by atoms with Crippen LogP contribution in [0.5, 0.6) is 11.5 Å². The van der Waals surface area contributed by atoms with Crippen molar-refractivity contribution in [2.24, 2.45) is 5.16 Å². The summed E-state index contributed by atoms with van der Waals surface area (Å²) in [6, 6.07) is 9.30. The predicted molar refractivity (Wildman–Crippen MR) is 76.0 cm³/mol. The molecule has 3 rings (SSSR count). The second-order valence-corrected chi connectivity index (χ2v) is 4.92. The lowest BCUT2D eigenvalue weighted by molar-refractivity contribution is 0.302. The van der Waals surface area contributed by atoms with Crippen molar-refractivity contribution >= 4 is 17.3 Å². The van der Waals surface area contributed by atoms with Crippen LogP contribution in [-0.4, -0.2) is 17.5 Å². The quantitative estimate of drug-likeness (QED) is 0.696. The van der Waals surface area contributed by atoms with E-state index in [9.17, 15) is 4.39 Å². The molecule has 4 nitrogen and oxygen atoms in total. The molecular weight excluding hydrogens is 297 g/mol. The zero-order chi connectivity index (χ0) is 14.8. The fourth-order valence-electron chi connectivity index (χ4n) is 2.07. The molecule has 0 aromatic heterocycles. The molecule has 6 heteroatoms. The minimum absolute atomic E-state index is 0.149. The van der Waals surface area contributed by atoms with Crippen LogP contribution in [0.4, 0.5) is 4.39 Å². The van der Waals surface area contributed by atoms with Gasteiger partial charge in [0.25, 0.3) is 0 Å². The normalized spacial score (nSPS) is 14.9. The van der Waals surface area contributed by atoms with E-state index in [1.165, 1.54) is 18.2 Å². The summed E-state index contributed by atoms with van der Waals surface area (Å²) in [6.45, 7) is 0.376. The summed E-state index contributed by atoms with van der Waals surface area (Å²) < 4.78 is 24.1. The topological polar surface area (TPSA) is 51.1 Å². The van der Waals surface area contributed by atoms with Gasteiger partial charge in [0.1, 0.15) is 36.2 Å². The fraction of sp³-hybridized carbons (Fsp3) is 0.133. The molecule has 1 aliphatic heterocycles. The fourth-order valence-corrected chi connectivity index (χ4v) is 2.24. The largest absolute Gasteiger partial charge is 0.489 e. The molecule has 0 unspecified atom stereocenters. The molecule has 0 saturated carbocycles. The second kappa shape index (κ2) is 5.61. The highest BCUT2D eigenvalue weighted by Gasteiger charge is 2.20. The molecule has 2 aromatic carbocycles. The van der Waals surface area contributed by atoms with Gasteiger partial charge in [0.15, 0.2) is 0 Å². The van der Waals surface area contributed by atoms with E-state index in [4.69, 9.17) is 26.3 Å². The molecule has 1 N–H and O–H groups in total. The van der Waals surface area contributed by atoms with Crippen molar-refractivity contribution in [3.8, 4) is 11.5 Å². The van der Waals surface area contributed by atoms with E-state index in [1.807, 2.05) is 0 Å². The number of halogens is 2. The summed E-state index contributed by atoms with van der Waals surface area (Å²) in [5.74, 6) is 0.790. The second-order valence-electron chi connectivity index (χ2n) is 4.52. The zero-order valence-corrected chi connectivity index (χ0v) is 11.6. The van der Waals surface area contributed by atoms with Gasteiger partial charge in [0.2, 0.25) is 0 Å². The molecular formula is C15H11ClFNO3. The predicted octanol–water partition coefficient (Wildman–Crippen LogP) is 3.63. The summed E-state index contributed by atoms with van der Waals surface area (Å²) in [6.07, 6.45) is 0. The maximum atomic E-state index is 13.2. The van der Waals surface area contributed by atoms with Crippen LogP contribution in [-0.2, 0) is 6.61 Å². The number of benzene rings is 2. The molecule has 1 aliphatic rings. The van der Waals surface area contributed by atoms with Crippen molar-refractivity contribution in [1.82, 2.24) is 0 Å². The van der Waals surface area contributed by atoms with Crippen LogP contribution < -0.4 is 9.47 Å². The maximum Gasteiger partial charge on any atom is 0.134 e. The first kappa shape index (κ1) is 13.7. The van der Waals surface area contributed by atoms with E-state index < -0.39 is 0 Å². The standard InChI is InChI=1S/C15H11ClFNO3/c16-13-4-1-10(17)5-9(13)7-20-11-2-3-12-14(18-19)8-21-15(12)6-11/h1-6,19H,7-8H2/b18-14-. The average molecular weight is 308 g/mol. The average Bonchev–Trinajstić information content (AvgIpc) is 2.90. The Morgan fingerprint density at radius 3 is 2.95 bits per heavy atom. The number of fused-ring (bicyclic) bond motifs is 1. The highest BCUT2D eigenvalue weighted by atomic mass is 35.5. The Labute approximate surface area is 125 Å². The van der Waals surface area contributed by atoms with E-state index >= 15 is 0 Å². The van der Waals surface area contributed by atoms with Crippen LogP contribution in [0, 0.1) is 5.82 Å². The molecule has 0 atom stereocenters. The van der Waals surface area contributed by atoms with E-state index in [0.717, 1.165) is 5.56 Å². The van der Waals surface area contributed by atoms with Crippen LogP contribution in [0.2, 0.25) is 5.02 Å². The van der Waals surface area contributed by atoms with Crippen LogP contribution in [0.25, 0.3) is 0 Å². The van der Waals surface area contributed by atoms with Crippen molar-refractivity contribution in [3.63, 3.8) is 0 Å². The Bertz CT molecular complexity index is 718. The molecule has 108 valence electrons. The molecule has 2 aromatic rings. The number of nitrogens with zero attached hydrogens (tertiary/aromatic N) is 1. The Balaban J connectivity index is 1.76. The van der Waals surface area contributed by atoms with Crippen LogP contribution in [0.3, 0.4) is 0 Å². The highest BCUT2D eigenvalue weighted by molar-refractivity contribution is 6.31. The summed E-state index contributed by atoms with van der Waals surface area (Å²) in [7, 11) is 0. The van der Waals surface area contributed by atoms with Crippen molar-refractivity contribution in [2.75, 3.05) is 6.61 Å². The summed E-state index contributed by atoms with van der Waals surface area (Å²) in [5, 5.41) is 12.4. The Kier molecular flexibility index (Phi) is 3.66. The third-order valence-corrected chi connectivity index (χ3v) is 3.52. The smallest absolute Gasteiger partial charge is 0.134 e. The number of hydrogen-bond donors (Lipinski definition) is 1. The van der Waals surface area contributed by atoms with Crippen LogP contribution in [0.1, 0.15) is 11.1 Å². The van der Waals surface area contributed by atoms with E-state index in [-0.39, 0.29) is 19.0 Å². The number of hydrogen-bond acceptors (Lipinski definition) is 4. The van der Waals surface area contributed by atoms with Crippen molar-refractivity contribution in [1.29, 1.82) is 0 Å². The van der Waals surface area contributed by atoms with E-state index in [1.54, 1.807) is 18.2 Å². The van der Waals surface area contributed by atoms with Crippen molar-refractivity contribution < 1.29 is 19.1 Å². The monoisotopic (exact) mass is 307 g/mol. The number of rotatable bonds is 3. The lowest BCUT2D eigenvalue weighted by Crippen LogP contribution is -2.01. The van der Waals surface area contributed by atoms with Crippen molar-refractivity contribution in [2.45, 2.75) is 6.61 Å². The SMILES string of the molecule is O/N=C1/COc2cc(OCc3cc(F)ccc3Cl)ccc21. The maximum absolute atomic E-state index is 13.2. The summed E-state index contributed by atoms with van der Waals surface area (Å²) in [4.78, 5) is 0.